The Morgan fingerprint density at radius 1 is 0.704 bits per heavy atom. The van der Waals surface area contributed by atoms with Gasteiger partial charge >= 0.3 is 0 Å². The molecule has 0 aliphatic carbocycles. The molecule has 0 bridgehead atoms. The molecule has 136 valence electrons. The molecule has 0 saturated carbocycles. The Morgan fingerprint density at radius 3 is 1.67 bits per heavy atom. The molecule has 3 rings (SSSR count). The number of primary amides is 1. The zero-order chi connectivity index (χ0) is 19.1. The maximum atomic E-state index is 11.9. The average molecular weight is 358 g/mol. The molecule has 0 heterocycles. The first-order valence-electron chi connectivity index (χ1n) is 8.91. The summed E-state index contributed by atoms with van der Waals surface area (Å²) in [4.78, 5) is 22.6. The smallest absolute Gasteiger partial charge is 0.224 e. The van der Waals surface area contributed by atoms with Crippen molar-refractivity contribution in [2.24, 2.45) is 5.73 Å². The van der Waals surface area contributed by atoms with Crippen LogP contribution in [-0.4, -0.2) is 11.8 Å². The van der Waals surface area contributed by atoms with E-state index in [1.165, 1.54) is 11.1 Å². The third-order valence-corrected chi connectivity index (χ3v) is 4.39. The van der Waals surface area contributed by atoms with E-state index in [1.807, 2.05) is 60.7 Å². The van der Waals surface area contributed by atoms with Crippen molar-refractivity contribution in [3.63, 3.8) is 0 Å². The Hall–Kier alpha value is -3.40. The zero-order valence-corrected chi connectivity index (χ0v) is 15.0. The highest BCUT2D eigenvalue weighted by Crippen LogP contribution is 2.32. The van der Waals surface area contributed by atoms with Gasteiger partial charge in [0.05, 0.1) is 0 Å². The van der Waals surface area contributed by atoms with E-state index in [1.54, 1.807) is 0 Å². The molecule has 0 atom stereocenters. The number of carbonyl (C=O) groups excluding carboxylic acids is 2. The van der Waals surface area contributed by atoms with Crippen molar-refractivity contribution in [1.82, 2.24) is 0 Å². The van der Waals surface area contributed by atoms with Crippen LogP contribution in [0, 0.1) is 0 Å². The highest BCUT2D eigenvalue weighted by molar-refractivity contribution is 5.93. The van der Waals surface area contributed by atoms with Gasteiger partial charge in [-0.25, -0.2) is 0 Å². The third kappa shape index (κ3) is 5.05. The van der Waals surface area contributed by atoms with Gasteiger partial charge in [0.25, 0.3) is 0 Å². The van der Waals surface area contributed by atoms with Gasteiger partial charge in [-0.3, -0.25) is 9.59 Å². The number of hydrogen-bond donors (Lipinski definition) is 2. The number of nitrogens with one attached hydrogen (secondary N) is 1. The fourth-order valence-electron chi connectivity index (χ4n) is 3.09. The average Bonchev–Trinajstić information content (AvgIpc) is 2.70. The lowest BCUT2D eigenvalue weighted by atomic mass is 9.85. The summed E-state index contributed by atoms with van der Waals surface area (Å²) in [5, 5.41) is 2.80. The van der Waals surface area contributed by atoms with Crippen molar-refractivity contribution >= 4 is 17.5 Å². The minimum absolute atomic E-state index is 0.0496. The van der Waals surface area contributed by atoms with E-state index < -0.39 is 5.91 Å². The predicted molar refractivity (Wildman–Crippen MR) is 107 cm³/mol. The first-order chi connectivity index (χ1) is 13.1. The minimum atomic E-state index is -0.478. The molecule has 27 heavy (non-hydrogen) atoms. The van der Waals surface area contributed by atoms with Gasteiger partial charge < -0.3 is 11.1 Å². The summed E-state index contributed by atoms with van der Waals surface area (Å²) in [5.74, 6) is -0.578. The molecule has 0 aromatic heterocycles. The van der Waals surface area contributed by atoms with Gasteiger partial charge in [-0.2, -0.15) is 0 Å². The Balaban J connectivity index is 1.82. The zero-order valence-electron chi connectivity index (χ0n) is 15.0. The molecule has 3 aromatic carbocycles. The Bertz CT molecular complexity index is 851. The van der Waals surface area contributed by atoms with Crippen molar-refractivity contribution in [2.75, 3.05) is 5.32 Å². The van der Waals surface area contributed by atoms with Crippen LogP contribution in [0.4, 0.5) is 5.69 Å². The molecular formula is C23H22N2O2. The summed E-state index contributed by atoms with van der Waals surface area (Å²) >= 11 is 0. The molecule has 3 aromatic rings. The van der Waals surface area contributed by atoms with Crippen molar-refractivity contribution in [3.05, 3.63) is 102 Å². The fourth-order valence-corrected chi connectivity index (χ4v) is 3.09. The summed E-state index contributed by atoms with van der Waals surface area (Å²) in [7, 11) is 0. The van der Waals surface area contributed by atoms with E-state index >= 15 is 0 Å². The van der Waals surface area contributed by atoms with Crippen LogP contribution in [0.25, 0.3) is 0 Å². The number of carbonyl (C=O) groups is 2. The SMILES string of the molecule is NC(=O)CCC(=O)Nc1ccc(C(c2ccccc2)c2ccccc2)cc1. The van der Waals surface area contributed by atoms with Gasteiger partial charge in [-0.05, 0) is 28.8 Å². The molecule has 0 unspecified atom stereocenters. The second kappa shape index (κ2) is 8.81. The number of nitrogens with two attached hydrogens (primary N) is 1. The molecule has 3 N–H and O–H groups in total. The number of hydrogen-bond acceptors (Lipinski definition) is 2. The summed E-state index contributed by atoms with van der Waals surface area (Å²) in [6.07, 6.45) is 0.141. The molecule has 0 saturated heterocycles. The van der Waals surface area contributed by atoms with Crippen LogP contribution in [-0.2, 0) is 9.59 Å². The second-order valence-corrected chi connectivity index (χ2v) is 6.39. The van der Waals surface area contributed by atoms with Gasteiger partial charge in [0, 0.05) is 24.4 Å². The molecule has 0 spiro atoms. The lowest BCUT2D eigenvalue weighted by Gasteiger charge is -2.19. The van der Waals surface area contributed by atoms with Gasteiger partial charge in [-0.1, -0.05) is 72.8 Å². The van der Waals surface area contributed by atoms with E-state index in [-0.39, 0.29) is 24.7 Å². The quantitative estimate of drug-likeness (QED) is 0.625. The van der Waals surface area contributed by atoms with Crippen LogP contribution >= 0.6 is 0 Å². The monoisotopic (exact) mass is 358 g/mol. The predicted octanol–water partition coefficient (Wildman–Crippen LogP) is 4.07. The Labute approximate surface area is 159 Å². The topological polar surface area (TPSA) is 72.2 Å². The van der Waals surface area contributed by atoms with Gasteiger partial charge in [0.15, 0.2) is 0 Å². The van der Waals surface area contributed by atoms with Gasteiger partial charge in [0.2, 0.25) is 11.8 Å². The third-order valence-electron chi connectivity index (χ3n) is 4.39. The Morgan fingerprint density at radius 2 is 1.19 bits per heavy atom. The highest BCUT2D eigenvalue weighted by atomic mass is 16.2. The number of amides is 2. The normalized spacial score (nSPS) is 10.6. The van der Waals surface area contributed by atoms with E-state index in [4.69, 9.17) is 5.73 Å². The van der Waals surface area contributed by atoms with Crippen molar-refractivity contribution in [3.8, 4) is 0 Å². The van der Waals surface area contributed by atoms with E-state index in [2.05, 4.69) is 29.6 Å². The first-order valence-corrected chi connectivity index (χ1v) is 8.91. The van der Waals surface area contributed by atoms with Crippen LogP contribution in [0.2, 0.25) is 0 Å². The van der Waals surface area contributed by atoms with Crippen molar-refractivity contribution < 1.29 is 9.59 Å². The standard InChI is InChI=1S/C23H22N2O2/c24-21(26)15-16-22(27)25-20-13-11-19(12-14-20)23(17-7-3-1-4-8-17)18-9-5-2-6-10-18/h1-14,23H,15-16H2,(H2,24,26)(H,25,27). The van der Waals surface area contributed by atoms with Crippen LogP contribution < -0.4 is 11.1 Å². The lowest BCUT2D eigenvalue weighted by molar-refractivity contribution is -0.122. The molecule has 4 heteroatoms. The number of anilines is 1. The molecule has 4 nitrogen and oxygen atoms in total. The minimum Gasteiger partial charge on any atom is -0.370 e. The number of benzene rings is 3. The molecule has 0 aliphatic heterocycles. The largest absolute Gasteiger partial charge is 0.370 e. The van der Waals surface area contributed by atoms with Crippen LogP contribution in [0.15, 0.2) is 84.9 Å². The van der Waals surface area contributed by atoms with Crippen LogP contribution in [0.1, 0.15) is 35.4 Å². The summed E-state index contributed by atoms with van der Waals surface area (Å²) in [6, 6.07) is 28.5. The van der Waals surface area contributed by atoms with E-state index in [9.17, 15) is 9.59 Å². The fraction of sp³-hybridized carbons (Fsp3) is 0.130. The Kier molecular flexibility index (Phi) is 6.00. The highest BCUT2D eigenvalue weighted by Gasteiger charge is 2.16. The first kappa shape index (κ1) is 18.4. The van der Waals surface area contributed by atoms with Crippen LogP contribution in [0.3, 0.4) is 0 Å². The maximum absolute atomic E-state index is 11.9. The van der Waals surface area contributed by atoms with E-state index in [0.29, 0.717) is 5.69 Å². The molecule has 0 fully saturated rings. The van der Waals surface area contributed by atoms with Crippen LogP contribution in [0.5, 0.6) is 0 Å². The lowest BCUT2D eigenvalue weighted by Crippen LogP contribution is -2.17. The van der Waals surface area contributed by atoms with Crippen molar-refractivity contribution in [2.45, 2.75) is 18.8 Å². The number of rotatable bonds is 7. The summed E-state index contributed by atoms with van der Waals surface area (Å²) in [5.41, 5.74) is 9.34. The second-order valence-electron chi connectivity index (χ2n) is 6.39. The molecule has 0 radical (unpaired) electrons. The molecular weight excluding hydrogens is 336 g/mol. The maximum Gasteiger partial charge on any atom is 0.224 e. The molecule has 2 amide bonds. The molecule has 0 aliphatic rings. The summed E-state index contributed by atoms with van der Waals surface area (Å²) < 4.78 is 0. The van der Waals surface area contributed by atoms with Gasteiger partial charge in [0.1, 0.15) is 0 Å². The van der Waals surface area contributed by atoms with Crippen molar-refractivity contribution in [1.29, 1.82) is 0 Å². The van der Waals surface area contributed by atoms with E-state index in [0.717, 1.165) is 5.56 Å². The van der Waals surface area contributed by atoms with Gasteiger partial charge in [-0.15, -0.1) is 0 Å². The summed E-state index contributed by atoms with van der Waals surface area (Å²) in [6.45, 7) is 0.